The van der Waals surface area contributed by atoms with Gasteiger partial charge in [0, 0.05) is 11.6 Å². The SMILES string of the molecule is Cc1nnc(C)n1-c1ccc(OC2c3c(Cl)sc(Cl)c3CCC2N2CCCC2)c(F)c1. The van der Waals surface area contributed by atoms with Crippen molar-refractivity contribution in [3.05, 3.63) is 55.5 Å². The number of benzene rings is 1. The number of fused-ring (bicyclic) bond motifs is 1. The molecule has 2 unspecified atom stereocenters. The van der Waals surface area contributed by atoms with Crippen molar-refractivity contribution in [1.29, 1.82) is 0 Å². The van der Waals surface area contributed by atoms with Crippen LogP contribution in [0.25, 0.3) is 5.69 Å². The van der Waals surface area contributed by atoms with Crippen LogP contribution in [-0.4, -0.2) is 38.8 Å². The molecular formula is C22H23Cl2FN4OS. The van der Waals surface area contributed by atoms with Crippen molar-refractivity contribution in [3.8, 4) is 11.4 Å². The molecule has 1 saturated heterocycles. The van der Waals surface area contributed by atoms with Crippen LogP contribution in [-0.2, 0) is 6.42 Å². The number of hydrogen-bond acceptors (Lipinski definition) is 5. The summed E-state index contributed by atoms with van der Waals surface area (Å²) in [6, 6.07) is 5.13. The summed E-state index contributed by atoms with van der Waals surface area (Å²) in [7, 11) is 0. The Kier molecular flexibility index (Phi) is 5.71. The molecule has 1 aliphatic heterocycles. The van der Waals surface area contributed by atoms with E-state index in [1.54, 1.807) is 6.07 Å². The normalized spacial score (nSPS) is 21.5. The summed E-state index contributed by atoms with van der Waals surface area (Å²) in [5, 5.41) is 8.11. The van der Waals surface area contributed by atoms with Gasteiger partial charge in [0.15, 0.2) is 11.6 Å². The first kappa shape index (κ1) is 21.2. The first-order chi connectivity index (χ1) is 14.9. The van der Waals surface area contributed by atoms with Crippen molar-refractivity contribution in [2.75, 3.05) is 13.1 Å². The zero-order valence-corrected chi connectivity index (χ0v) is 19.7. The van der Waals surface area contributed by atoms with Crippen molar-refractivity contribution in [3.63, 3.8) is 0 Å². The molecule has 1 aliphatic carbocycles. The van der Waals surface area contributed by atoms with Crippen molar-refractivity contribution in [2.45, 2.75) is 51.7 Å². The van der Waals surface area contributed by atoms with E-state index in [0.717, 1.165) is 37.1 Å². The summed E-state index contributed by atoms with van der Waals surface area (Å²) in [6.07, 6.45) is 3.79. The van der Waals surface area contributed by atoms with E-state index in [9.17, 15) is 0 Å². The Labute approximate surface area is 194 Å². The highest BCUT2D eigenvalue weighted by Gasteiger charge is 2.40. The van der Waals surface area contributed by atoms with Crippen molar-refractivity contribution in [2.24, 2.45) is 0 Å². The minimum absolute atomic E-state index is 0.152. The molecule has 3 heterocycles. The number of likely N-dealkylation sites (tertiary alicyclic amines) is 1. The van der Waals surface area contributed by atoms with Crippen molar-refractivity contribution in [1.82, 2.24) is 19.7 Å². The molecular weight excluding hydrogens is 458 g/mol. The first-order valence-electron chi connectivity index (χ1n) is 10.5. The maximum Gasteiger partial charge on any atom is 0.167 e. The highest BCUT2D eigenvalue weighted by Crippen LogP contribution is 2.48. The van der Waals surface area contributed by atoms with Crippen LogP contribution in [0.1, 0.15) is 48.1 Å². The molecule has 0 spiro atoms. The number of aryl methyl sites for hydroxylation is 2. The molecule has 2 aliphatic rings. The lowest BCUT2D eigenvalue weighted by Crippen LogP contribution is -2.42. The number of ether oxygens (including phenoxy) is 1. The van der Waals surface area contributed by atoms with Gasteiger partial charge in [0.2, 0.25) is 0 Å². The summed E-state index contributed by atoms with van der Waals surface area (Å²) in [4.78, 5) is 2.45. The van der Waals surface area contributed by atoms with E-state index in [1.165, 1.54) is 30.2 Å². The van der Waals surface area contributed by atoms with Crippen LogP contribution in [0, 0.1) is 19.7 Å². The Morgan fingerprint density at radius 2 is 1.81 bits per heavy atom. The molecule has 0 amide bonds. The quantitative estimate of drug-likeness (QED) is 0.464. The summed E-state index contributed by atoms with van der Waals surface area (Å²) < 4.78 is 24.7. The van der Waals surface area contributed by atoms with Crippen molar-refractivity contribution < 1.29 is 9.13 Å². The van der Waals surface area contributed by atoms with Crippen LogP contribution in [0.15, 0.2) is 18.2 Å². The minimum atomic E-state index is -0.422. The number of aromatic nitrogens is 3. The molecule has 2 atom stereocenters. The fraction of sp³-hybridized carbons (Fsp3) is 0.455. The third kappa shape index (κ3) is 3.75. The molecule has 0 saturated carbocycles. The van der Waals surface area contributed by atoms with E-state index < -0.39 is 5.82 Å². The maximum atomic E-state index is 15.2. The van der Waals surface area contributed by atoms with E-state index in [1.807, 2.05) is 24.5 Å². The summed E-state index contributed by atoms with van der Waals surface area (Å²) >= 11 is 14.4. The Hall–Kier alpha value is -1.67. The lowest BCUT2D eigenvalue weighted by atomic mass is 9.87. The van der Waals surface area contributed by atoms with E-state index in [0.29, 0.717) is 26.0 Å². The molecule has 5 nitrogen and oxygen atoms in total. The number of rotatable bonds is 4. The van der Waals surface area contributed by atoms with Crippen LogP contribution in [0.4, 0.5) is 4.39 Å². The second-order valence-corrected chi connectivity index (χ2v) is 10.4. The number of thiophene rings is 1. The molecule has 5 rings (SSSR count). The fourth-order valence-corrected chi connectivity index (χ4v) is 6.70. The monoisotopic (exact) mass is 480 g/mol. The topological polar surface area (TPSA) is 43.2 Å². The van der Waals surface area contributed by atoms with E-state index in [4.69, 9.17) is 27.9 Å². The lowest BCUT2D eigenvalue weighted by molar-refractivity contribution is 0.0648. The summed E-state index contributed by atoms with van der Waals surface area (Å²) in [5.74, 6) is 1.20. The molecule has 9 heteroatoms. The fourth-order valence-electron chi connectivity index (χ4n) is 4.86. The predicted molar refractivity (Wildman–Crippen MR) is 121 cm³/mol. The van der Waals surface area contributed by atoms with E-state index in [-0.39, 0.29) is 17.9 Å². The molecule has 0 bridgehead atoms. The maximum absolute atomic E-state index is 15.2. The van der Waals surface area contributed by atoms with Crippen molar-refractivity contribution >= 4 is 34.5 Å². The van der Waals surface area contributed by atoms with E-state index in [2.05, 4.69) is 15.1 Å². The van der Waals surface area contributed by atoms with E-state index >= 15 is 4.39 Å². The van der Waals surface area contributed by atoms with Gasteiger partial charge in [-0.25, -0.2) is 4.39 Å². The van der Waals surface area contributed by atoms with Gasteiger partial charge in [0.25, 0.3) is 0 Å². The van der Waals surface area contributed by atoms with Gasteiger partial charge in [-0.1, -0.05) is 23.2 Å². The van der Waals surface area contributed by atoms with Crippen LogP contribution in [0.3, 0.4) is 0 Å². The smallest absolute Gasteiger partial charge is 0.167 e. The molecule has 2 aromatic heterocycles. The third-order valence-corrected chi connectivity index (χ3v) is 8.02. The molecule has 3 aromatic rings. The molecule has 1 aromatic carbocycles. The minimum Gasteiger partial charge on any atom is -0.481 e. The van der Waals surface area contributed by atoms with Gasteiger partial charge >= 0.3 is 0 Å². The molecule has 164 valence electrons. The number of hydrogen-bond donors (Lipinski definition) is 0. The van der Waals surface area contributed by atoms with Gasteiger partial charge in [0.1, 0.15) is 22.1 Å². The van der Waals surface area contributed by atoms with Gasteiger partial charge in [-0.15, -0.1) is 21.5 Å². The van der Waals surface area contributed by atoms with Crippen LogP contribution < -0.4 is 4.74 Å². The third-order valence-electron chi connectivity index (χ3n) is 6.30. The standard InChI is InChI=1S/C22H23Cl2FN4OS/c1-12-26-27-13(2)29(12)14-5-8-18(16(25)11-14)30-20-17(28-9-3-4-10-28)7-6-15-19(20)22(24)31-21(15)23/h5,8,11,17,20H,3-4,6-7,9-10H2,1-2H3. The zero-order chi connectivity index (χ0) is 21.7. The zero-order valence-electron chi connectivity index (χ0n) is 17.4. The largest absolute Gasteiger partial charge is 0.481 e. The average Bonchev–Trinajstić information content (AvgIpc) is 3.45. The van der Waals surface area contributed by atoms with Gasteiger partial charge in [-0.3, -0.25) is 9.47 Å². The van der Waals surface area contributed by atoms with Crippen LogP contribution in [0.5, 0.6) is 5.75 Å². The summed E-state index contributed by atoms with van der Waals surface area (Å²) in [6.45, 7) is 5.75. The molecule has 0 radical (unpaired) electrons. The lowest BCUT2D eigenvalue weighted by Gasteiger charge is -2.38. The van der Waals surface area contributed by atoms with Crippen LogP contribution >= 0.6 is 34.5 Å². The van der Waals surface area contributed by atoms with Crippen LogP contribution in [0.2, 0.25) is 8.67 Å². The van der Waals surface area contributed by atoms with Gasteiger partial charge in [0.05, 0.1) is 16.1 Å². The number of halogens is 3. The van der Waals surface area contributed by atoms with Gasteiger partial charge < -0.3 is 4.74 Å². The highest BCUT2D eigenvalue weighted by molar-refractivity contribution is 7.20. The Morgan fingerprint density at radius 1 is 1.10 bits per heavy atom. The second-order valence-electron chi connectivity index (χ2n) is 8.17. The Bertz CT molecular complexity index is 1110. The molecule has 1 fully saturated rings. The predicted octanol–water partition coefficient (Wildman–Crippen LogP) is 5.92. The van der Waals surface area contributed by atoms with Gasteiger partial charge in [-0.05, 0) is 70.3 Å². The highest BCUT2D eigenvalue weighted by atomic mass is 35.5. The molecule has 0 N–H and O–H groups in total. The Morgan fingerprint density at radius 3 is 2.48 bits per heavy atom. The van der Waals surface area contributed by atoms with Gasteiger partial charge in [-0.2, -0.15) is 0 Å². The second kappa shape index (κ2) is 8.35. The number of nitrogens with zero attached hydrogens (tertiary/aromatic N) is 4. The average molecular weight is 481 g/mol. The summed E-state index contributed by atoms with van der Waals surface area (Å²) in [5.41, 5.74) is 2.64. The first-order valence-corrected chi connectivity index (χ1v) is 12.1. The Balaban J connectivity index is 1.51. The molecule has 31 heavy (non-hydrogen) atoms.